The first-order chi connectivity index (χ1) is 6.91. The summed E-state index contributed by atoms with van der Waals surface area (Å²) in [4.78, 5) is 25.3. The highest BCUT2D eigenvalue weighted by atomic mass is 16.2. The highest BCUT2D eigenvalue weighted by molar-refractivity contribution is 5.89. The molecule has 1 saturated heterocycles. The van der Waals surface area contributed by atoms with E-state index in [9.17, 15) is 9.59 Å². The second kappa shape index (κ2) is 4.31. The minimum atomic E-state index is -0.581. The number of nitrogens with one attached hydrogen (secondary N) is 1. The van der Waals surface area contributed by atoms with Crippen LogP contribution in [0, 0.1) is 0 Å². The zero-order chi connectivity index (χ0) is 11.6. The van der Waals surface area contributed by atoms with Crippen LogP contribution in [0.4, 0.5) is 0 Å². The molecule has 1 rings (SSSR count). The molecule has 0 bridgehead atoms. The van der Waals surface area contributed by atoms with Crippen molar-refractivity contribution in [3.05, 3.63) is 0 Å². The summed E-state index contributed by atoms with van der Waals surface area (Å²) in [5.41, 5.74) is -0.581. The van der Waals surface area contributed by atoms with Crippen LogP contribution in [-0.4, -0.2) is 41.3 Å². The number of piperazine rings is 1. The van der Waals surface area contributed by atoms with Gasteiger partial charge in [-0.2, -0.15) is 0 Å². The van der Waals surface area contributed by atoms with Crippen LogP contribution in [0.5, 0.6) is 0 Å². The summed E-state index contributed by atoms with van der Waals surface area (Å²) in [6.45, 7) is 8.83. The molecule has 0 saturated carbocycles. The van der Waals surface area contributed by atoms with Crippen molar-refractivity contribution in [2.24, 2.45) is 0 Å². The van der Waals surface area contributed by atoms with Crippen molar-refractivity contribution >= 4 is 11.7 Å². The van der Waals surface area contributed by atoms with E-state index in [2.05, 4.69) is 5.32 Å². The molecule has 1 atom stereocenters. The van der Waals surface area contributed by atoms with E-state index < -0.39 is 5.54 Å². The molecule has 1 unspecified atom stereocenters. The standard InChI is InChI=1S/C11H20N2O2/c1-5-9(14)8(2)13-7-6-12-10(15)11(13,3)4/h8H,5-7H2,1-4H3,(H,12,15). The third kappa shape index (κ3) is 2.20. The van der Waals surface area contributed by atoms with Gasteiger partial charge in [0.25, 0.3) is 0 Å². The lowest BCUT2D eigenvalue weighted by molar-refractivity contribution is -0.140. The summed E-state index contributed by atoms with van der Waals surface area (Å²) >= 11 is 0. The quantitative estimate of drug-likeness (QED) is 0.744. The number of carbonyl (C=O) groups excluding carboxylic acids is 2. The number of Topliss-reactive ketones (excluding diaryl/α,β-unsaturated/α-hetero) is 1. The first-order valence-corrected chi connectivity index (χ1v) is 5.49. The van der Waals surface area contributed by atoms with Crippen LogP contribution in [-0.2, 0) is 9.59 Å². The Morgan fingerprint density at radius 2 is 2.20 bits per heavy atom. The maximum absolute atomic E-state index is 11.7. The number of ketones is 1. The number of hydrogen-bond acceptors (Lipinski definition) is 3. The average molecular weight is 212 g/mol. The number of hydrogen-bond donors (Lipinski definition) is 1. The molecule has 0 aromatic rings. The van der Waals surface area contributed by atoms with Gasteiger partial charge in [-0.3, -0.25) is 14.5 Å². The van der Waals surface area contributed by atoms with Gasteiger partial charge >= 0.3 is 0 Å². The number of amides is 1. The largest absolute Gasteiger partial charge is 0.353 e. The van der Waals surface area contributed by atoms with Gasteiger partial charge in [-0.15, -0.1) is 0 Å². The predicted molar refractivity (Wildman–Crippen MR) is 58.6 cm³/mol. The minimum Gasteiger partial charge on any atom is -0.353 e. The molecule has 1 N–H and O–H groups in total. The van der Waals surface area contributed by atoms with Crippen LogP contribution >= 0.6 is 0 Å². The predicted octanol–water partition coefficient (Wildman–Crippen LogP) is 0.564. The van der Waals surface area contributed by atoms with Gasteiger partial charge < -0.3 is 5.32 Å². The van der Waals surface area contributed by atoms with Crippen molar-refractivity contribution < 1.29 is 9.59 Å². The van der Waals surface area contributed by atoms with E-state index in [0.29, 0.717) is 13.0 Å². The van der Waals surface area contributed by atoms with E-state index in [1.165, 1.54) is 0 Å². The van der Waals surface area contributed by atoms with Gasteiger partial charge in [-0.25, -0.2) is 0 Å². The molecule has 0 spiro atoms. The van der Waals surface area contributed by atoms with Crippen molar-refractivity contribution in [1.29, 1.82) is 0 Å². The van der Waals surface area contributed by atoms with Crippen LogP contribution in [0.15, 0.2) is 0 Å². The first-order valence-electron chi connectivity index (χ1n) is 5.49. The van der Waals surface area contributed by atoms with E-state index in [0.717, 1.165) is 6.54 Å². The summed E-state index contributed by atoms with van der Waals surface area (Å²) in [5, 5.41) is 2.82. The third-order valence-corrected chi connectivity index (χ3v) is 3.19. The zero-order valence-corrected chi connectivity index (χ0v) is 9.96. The Morgan fingerprint density at radius 1 is 1.60 bits per heavy atom. The van der Waals surface area contributed by atoms with Crippen molar-refractivity contribution in [3.8, 4) is 0 Å². The molecule has 4 heteroatoms. The molecule has 1 amide bonds. The number of nitrogens with zero attached hydrogens (tertiary/aromatic N) is 1. The second-order valence-electron chi connectivity index (χ2n) is 4.50. The second-order valence-corrected chi connectivity index (χ2v) is 4.50. The van der Waals surface area contributed by atoms with Crippen LogP contribution in [0.1, 0.15) is 34.1 Å². The fourth-order valence-electron chi connectivity index (χ4n) is 2.06. The number of carbonyl (C=O) groups is 2. The van der Waals surface area contributed by atoms with Gasteiger partial charge in [0.1, 0.15) is 5.78 Å². The monoisotopic (exact) mass is 212 g/mol. The van der Waals surface area contributed by atoms with Crippen LogP contribution < -0.4 is 5.32 Å². The number of rotatable bonds is 3. The highest BCUT2D eigenvalue weighted by Crippen LogP contribution is 2.21. The van der Waals surface area contributed by atoms with Gasteiger partial charge in [0, 0.05) is 19.5 Å². The Bertz CT molecular complexity index is 274. The van der Waals surface area contributed by atoms with E-state index in [1.54, 1.807) is 0 Å². The third-order valence-electron chi connectivity index (χ3n) is 3.19. The Labute approximate surface area is 91.0 Å². The molecule has 0 aliphatic carbocycles. The fourth-order valence-corrected chi connectivity index (χ4v) is 2.06. The Kier molecular flexibility index (Phi) is 3.50. The van der Waals surface area contributed by atoms with Crippen molar-refractivity contribution in [2.45, 2.75) is 45.7 Å². The van der Waals surface area contributed by atoms with Gasteiger partial charge in [0.05, 0.1) is 11.6 Å². The van der Waals surface area contributed by atoms with Crippen molar-refractivity contribution in [3.63, 3.8) is 0 Å². The summed E-state index contributed by atoms with van der Waals surface area (Å²) in [5.74, 6) is 0.197. The summed E-state index contributed by atoms with van der Waals surface area (Å²) in [7, 11) is 0. The van der Waals surface area contributed by atoms with Crippen molar-refractivity contribution in [2.75, 3.05) is 13.1 Å². The lowest BCUT2D eigenvalue weighted by Gasteiger charge is -2.44. The molecule has 0 radical (unpaired) electrons. The first kappa shape index (κ1) is 12.2. The van der Waals surface area contributed by atoms with E-state index >= 15 is 0 Å². The van der Waals surface area contributed by atoms with Gasteiger partial charge in [0.2, 0.25) is 5.91 Å². The molecule has 1 heterocycles. The van der Waals surface area contributed by atoms with Gasteiger partial charge in [-0.05, 0) is 20.8 Å². The summed E-state index contributed by atoms with van der Waals surface area (Å²) < 4.78 is 0. The molecule has 15 heavy (non-hydrogen) atoms. The molecule has 1 aliphatic rings. The van der Waals surface area contributed by atoms with Crippen LogP contribution in [0.3, 0.4) is 0 Å². The maximum Gasteiger partial charge on any atom is 0.240 e. The Morgan fingerprint density at radius 3 is 2.73 bits per heavy atom. The van der Waals surface area contributed by atoms with E-state index in [-0.39, 0.29) is 17.7 Å². The summed E-state index contributed by atoms with van der Waals surface area (Å²) in [6, 6.07) is -0.170. The molecule has 86 valence electrons. The van der Waals surface area contributed by atoms with Crippen LogP contribution in [0.25, 0.3) is 0 Å². The lowest BCUT2D eigenvalue weighted by Crippen LogP contribution is -2.65. The van der Waals surface area contributed by atoms with Gasteiger partial charge in [0.15, 0.2) is 0 Å². The topological polar surface area (TPSA) is 49.4 Å². The molecule has 0 aromatic carbocycles. The van der Waals surface area contributed by atoms with Crippen molar-refractivity contribution in [1.82, 2.24) is 10.2 Å². The normalized spacial score (nSPS) is 23.3. The molecule has 1 fully saturated rings. The Balaban J connectivity index is 2.84. The smallest absolute Gasteiger partial charge is 0.240 e. The zero-order valence-electron chi connectivity index (χ0n) is 9.96. The van der Waals surface area contributed by atoms with Crippen LogP contribution in [0.2, 0.25) is 0 Å². The molecule has 1 aliphatic heterocycles. The highest BCUT2D eigenvalue weighted by Gasteiger charge is 2.41. The van der Waals surface area contributed by atoms with E-state index in [1.807, 2.05) is 32.6 Å². The van der Waals surface area contributed by atoms with Gasteiger partial charge in [-0.1, -0.05) is 6.92 Å². The van der Waals surface area contributed by atoms with E-state index in [4.69, 9.17) is 0 Å². The SMILES string of the molecule is CCC(=O)C(C)N1CCNC(=O)C1(C)C. The maximum atomic E-state index is 11.7. The molecular weight excluding hydrogens is 192 g/mol. The Hall–Kier alpha value is -0.900. The summed E-state index contributed by atoms with van der Waals surface area (Å²) in [6.07, 6.45) is 0.523. The lowest BCUT2D eigenvalue weighted by atomic mass is 9.95. The average Bonchev–Trinajstić information content (AvgIpc) is 2.20. The molecule has 0 aromatic heterocycles. The molecular formula is C11H20N2O2. The molecule has 4 nitrogen and oxygen atoms in total. The minimum absolute atomic E-state index is 0.00417. The fraction of sp³-hybridized carbons (Fsp3) is 0.818.